The van der Waals surface area contributed by atoms with Gasteiger partial charge < -0.3 is 0 Å². The van der Waals surface area contributed by atoms with E-state index in [1.165, 1.54) is 6.20 Å². The van der Waals surface area contributed by atoms with Gasteiger partial charge in [-0.3, -0.25) is 9.82 Å². The molecule has 1 aromatic rings. The molecule has 0 aliphatic rings. The first-order valence-corrected chi connectivity index (χ1v) is 8.65. The Bertz CT molecular complexity index is 574. The predicted molar refractivity (Wildman–Crippen MR) is 65.1 cm³/mol. The molecule has 0 atom stereocenters. The molecule has 0 fully saturated rings. The van der Waals surface area contributed by atoms with Crippen LogP contribution in [0.2, 0.25) is 0 Å². The lowest BCUT2D eigenvalue weighted by Crippen LogP contribution is -2.23. The van der Waals surface area contributed by atoms with E-state index in [4.69, 9.17) is 0 Å². The minimum atomic E-state index is -3.67. The lowest BCUT2D eigenvalue weighted by atomic mass is 10.3. The molecule has 0 spiro atoms. The van der Waals surface area contributed by atoms with E-state index in [1.54, 1.807) is 0 Å². The monoisotopic (exact) mass is 281 g/mol. The van der Waals surface area contributed by atoms with Gasteiger partial charge >= 0.3 is 0 Å². The molecule has 0 bridgehead atoms. The molecular formula is C8H15N3O4S2. The third-order valence-corrected chi connectivity index (χ3v) is 4.54. The summed E-state index contributed by atoms with van der Waals surface area (Å²) in [7, 11) is -6.97. The van der Waals surface area contributed by atoms with E-state index < -0.39 is 31.4 Å². The zero-order valence-electron chi connectivity index (χ0n) is 9.60. The normalized spacial score (nSPS) is 12.6. The molecule has 98 valence electrons. The third-order valence-electron chi connectivity index (χ3n) is 2.08. The molecule has 0 radical (unpaired) electrons. The van der Waals surface area contributed by atoms with E-state index in [-0.39, 0.29) is 0 Å². The Hall–Kier alpha value is -1.09. The molecule has 0 unspecified atom stereocenters. The molecule has 0 saturated heterocycles. The van der Waals surface area contributed by atoms with Gasteiger partial charge in [0.15, 0.2) is 0 Å². The Labute approximate surface area is 101 Å². The van der Waals surface area contributed by atoms with Crippen molar-refractivity contribution in [1.82, 2.24) is 10.2 Å². The molecule has 0 aliphatic heterocycles. The molecule has 9 heteroatoms. The second-order valence-electron chi connectivity index (χ2n) is 3.67. The number of sulfone groups is 1. The minimum absolute atomic E-state index is 0.293. The highest BCUT2D eigenvalue weighted by Crippen LogP contribution is 2.13. The van der Waals surface area contributed by atoms with E-state index in [2.05, 4.69) is 14.9 Å². The van der Waals surface area contributed by atoms with Crippen molar-refractivity contribution in [2.45, 2.75) is 13.3 Å². The van der Waals surface area contributed by atoms with Crippen LogP contribution >= 0.6 is 0 Å². The lowest BCUT2D eigenvalue weighted by Gasteiger charge is -2.06. The highest BCUT2D eigenvalue weighted by atomic mass is 32.2. The molecule has 0 aromatic carbocycles. The molecule has 0 aliphatic carbocycles. The molecule has 1 aromatic heterocycles. The summed E-state index contributed by atoms with van der Waals surface area (Å²) >= 11 is 0. The summed E-state index contributed by atoms with van der Waals surface area (Å²) < 4.78 is 47.2. The summed E-state index contributed by atoms with van der Waals surface area (Å²) in [5.41, 5.74) is 0.730. The van der Waals surface area contributed by atoms with E-state index in [0.717, 1.165) is 11.8 Å². The van der Waals surface area contributed by atoms with E-state index in [9.17, 15) is 16.8 Å². The molecule has 2 N–H and O–H groups in total. The number of hydrogen-bond acceptors (Lipinski definition) is 5. The van der Waals surface area contributed by atoms with Gasteiger partial charge in [-0.05, 0) is 6.42 Å². The van der Waals surface area contributed by atoms with Crippen LogP contribution < -0.4 is 4.72 Å². The van der Waals surface area contributed by atoms with Crippen molar-refractivity contribution in [1.29, 1.82) is 0 Å². The van der Waals surface area contributed by atoms with Crippen molar-refractivity contribution in [2.75, 3.05) is 22.5 Å². The molecule has 7 nitrogen and oxygen atoms in total. The molecule has 0 saturated carbocycles. The fraction of sp³-hybridized carbons (Fsp3) is 0.625. The maximum Gasteiger partial charge on any atom is 0.234 e. The average molecular weight is 281 g/mol. The minimum Gasteiger partial charge on any atom is -0.267 e. The number of aromatic nitrogens is 2. The van der Waals surface area contributed by atoms with Gasteiger partial charge in [-0.1, -0.05) is 6.92 Å². The highest BCUT2D eigenvalue weighted by molar-refractivity contribution is 7.95. The van der Waals surface area contributed by atoms with E-state index in [0.29, 0.717) is 12.2 Å². The van der Waals surface area contributed by atoms with Crippen molar-refractivity contribution < 1.29 is 16.8 Å². The number of rotatable bonds is 6. The molecule has 1 rings (SSSR count). The van der Waals surface area contributed by atoms with Crippen LogP contribution in [0.15, 0.2) is 6.20 Å². The summed E-state index contributed by atoms with van der Waals surface area (Å²) in [6.07, 6.45) is 3.14. The summed E-state index contributed by atoms with van der Waals surface area (Å²) in [6, 6.07) is 0. The van der Waals surface area contributed by atoms with Crippen LogP contribution in [0.3, 0.4) is 0 Å². The maximum absolute atomic E-state index is 11.6. The summed E-state index contributed by atoms with van der Waals surface area (Å²) in [4.78, 5) is 0. The second kappa shape index (κ2) is 5.05. The van der Waals surface area contributed by atoms with Gasteiger partial charge in [-0.15, -0.1) is 0 Å². The fourth-order valence-corrected chi connectivity index (χ4v) is 3.81. The van der Waals surface area contributed by atoms with Crippen LogP contribution in [0.25, 0.3) is 0 Å². The van der Waals surface area contributed by atoms with Crippen LogP contribution in [0, 0.1) is 0 Å². The van der Waals surface area contributed by atoms with Crippen molar-refractivity contribution >= 4 is 25.7 Å². The molecule has 1 heterocycles. The van der Waals surface area contributed by atoms with Crippen molar-refractivity contribution in [3.63, 3.8) is 0 Å². The Balaban J connectivity index is 2.74. The van der Waals surface area contributed by atoms with Crippen molar-refractivity contribution in [3.8, 4) is 0 Å². The largest absolute Gasteiger partial charge is 0.267 e. The van der Waals surface area contributed by atoms with Gasteiger partial charge in [0.1, 0.15) is 15.7 Å². The third kappa shape index (κ3) is 4.73. The van der Waals surface area contributed by atoms with Gasteiger partial charge in [0.2, 0.25) is 10.0 Å². The first-order valence-electron chi connectivity index (χ1n) is 4.94. The number of sulfonamides is 1. The first kappa shape index (κ1) is 14.0. The Morgan fingerprint density at radius 2 is 1.94 bits per heavy atom. The van der Waals surface area contributed by atoms with Gasteiger partial charge in [0, 0.05) is 11.8 Å². The number of H-pyrrole nitrogens is 1. The maximum atomic E-state index is 11.6. The van der Waals surface area contributed by atoms with E-state index >= 15 is 0 Å². The SMILES string of the molecule is CCc1cn[nH]c1NS(=O)(=O)CCS(C)(=O)=O. The zero-order chi connectivity index (χ0) is 13.1. The zero-order valence-corrected chi connectivity index (χ0v) is 11.2. The van der Waals surface area contributed by atoms with Crippen LogP contribution in [0.4, 0.5) is 5.82 Å². The van der Waals surface area contributed by atoms with Crippen molar-refractivity contribution in [3.05, 3.63) is 11.8 Å². The Morgan fingerprint density at radius 3 is 2.47 bits per heavy atom. The lowest BCUT2D eigenvalue weighted by molar-refractivity contribution is 0.593. The van der Waals surface area contributed by atoms with Crippen LogP contribution in [-0.2, 0) is 26.3 Å². The van der Waals surface area contributed by atoms with Gasteiger partial charge in [-0.2, -0.15) is 5.10 Å². The number of aryl methyl sites for hydroxylation is 1. The topological polar surface area (TPSA) is 109 Å². The predicted octanol–water partition coefficient (Wildman–Crippen LogP) is -0.242. The molecule has 17 heavy (non-hydrogen) atoms. The van der Waals surface area contributed by atoms with Gasteiger partial charge in [-0.25, -0.2) is 16.8 Å². The van der Waals surface area contributed by atoms with Crippen LogP contribution in [0.1, 0.15) is 12.5 Å². The average Bonchev–Trinajstić information content (AvgIpc) is 2.61. The molecule has 0 amide bonds. The highest BCUT2D eigenvalue weighted by Gasteiger charge is 2.16. The Kier molecular flexibility index (Phi) is 4.15. The number of nitrogens with zero attached hydrogens (tertiary/aromatic N) is 1. The number of anilines is 1. The summed E-state index contributed by atoms with van der Waals surface area (Å²) in [5.74, 6) is -0.577. The second-order valence-corrected chi connectivity index (χ2v) is 7.78. The quantitative estimate of drug-likeness (QED) is 0.748. The number of hydrogen-bond donors (Lipinski definition) is 2. The first-order chi connectivity index (χ1) is 7.73. The standard InChI is InChI=1S/C8H15N3O4S2/c1-3-7-6-9-10-8(7)11-17(14,15)5-4-16(2,12)13/h6H,3-5H2,1-2H3,(H2,9,10,11). The summed E-state index contributed by atoms with van der Waals surface area (Å²) in [5, 5.41) is 6.24. The molecular weight excluding hydrogens is 266 g/mol. The van der Waals surface area contributed by atoms with Crippen LogP contribution in [0.5, 0.6) is 0 Å². The fourth-order valence-electron chi connectivity index (χ4n) is 1.14. The van der Waals surface area contributed by atoms with E-state index in [1.807, 2.05) is 6.92 Å². The number of aromatic amines is 1. The van der Waals surface area contributed by atoms with Gasteiger partial charge in [0.05, 0.1) is 17.7 Å². The Morgan fingerprint density at radius 1 is 1.29 bits per heavy atom. The number of nitrogens with one attached hydrogen (secondary N) is 2. The van der Waals surface area contributed by atoms with Crippen molar-refractivity contribution in [2.24, 2.45) is 0 Å². The smallest absolute Gasteiger partial charge is 0.234 e. The summed E-state index contributed by atoms with van der Waals surface area (Å²) in [6.45, 7) is 1.86. The van der Waals surface area contributed by atoms with Crippen LogP contribution in [-0.4, -0.2) is 44.8 Å². The van der Waals surface area contributed by atoms with Gasteiger partial charge in [0.25, 0.3) is 0 Å².